The fourth-order valence-electron chi connectivity index (χ4n) is 2.89. The maximum atomic E-state index is 11.8. The fourth-order valence-corrected chi connectivity index (χ4v) is 2.89. The van der Waals surface area contributed by atoms with Crippen LogP contribution < -0.4 is 10.6 Å². The number of carbonyl (C=O) groups is 1. The molecule has 2 bridgehead atoms. The highest BCUT2D eigenvalue weighted by atomic mass is 16.5. The van der Waals surface area contributed by atoms with Crippen LogP contribution in [-0.2, 0) is 16.1 Å². The Labute approximate surface area is 118 Å². The molecule has 2 atom stereocenters. The number of nitrogens with one attached hydrogen (secondary N) is 2. The number of benzene rings is 1. The van der Waals surface area contributed by atoms with Crippen LogP contribution in [-0.4, -0.2) is 37.4 Å². The summed E-state index contributed by atoms with van der Waals surface area (Å²) in [4.78, 5) is 11.8. The minimum absolute atomic E-state index is 0.179. The van der Waals surface area contributed by atoms with Gasteiger partial charge in [0, 0.05) is 18.1 Å². The van der Waals surface area contributed by atoms with Gasteiger partial charge in [0.1, 0.15) is 6.61 Å². The van der Waals surface area contributed by atoms with Crippen LogP contribution in [0.1, 0.15) is 18.4 Å². The van der Waals surface area contributed by atoms with E-state index in [1.807, 2.05) is 30.3 Å². The second-order valence-electron chi connectivity index (χ2n) is 5.47. The quantitative estimate of drug-likeness (QED) is 0.877. The first-order chi connectivity index (χ1) is 9.79. The number of hydrogen-bond donors (Lipinski definition) is 2. The van der Waals surface area contributed by atoms with Crippen molar-refractivity contribution in [2.75, 3.05) is 13.2 Å². The molecule has 2 heterocycles. The van der Waals surface area contributed by atoms with E-state index in [2.05, 4.69) is 10.6 Å². The smallest absolute Gasteiger partial charge is 0.407 e. The standard InChI is InChI=1S/C15H20N2O3/c18-15(20-8-11-4-2-1-3-5-11)17-12-6-13-9-19-10-14(7-12)16-13/h1-5,12-14,16H,6-10H2,(H,17,18). The molecule has 5 nitrogen and oxygen atoms in total. The highest BCUT2D eigenvalue weighted by Gasteiger charge is 2.32. The molecule has 0 radical (unpaired) electrons. The Balaban J connectivity index is 1.44. The van der Waals surface area contributed by atoms with Crippen LogP contribution in [0.2, 0.25) is 0 Å². The maximum absolute atomic E-state index is 11.8. The summed E-state index contributed by atoms with van der Waals surface area (Å²) in [5.74, 6) is 0. The topological polar surface area (TPSA) is 59.6 Å². The van der Waals surface area contributed by atoms with Crippen LogP contribution in [0, 0.1) is 0 Å². The molecule has 2 aliphatic heterocycles. The third kappa shape index (κ3) is 3.49. The summed E-state index contributed by atoms with van der Waals surface area (Å²) in [6, 6.07) is 10.6. The number of rotatable bonds is 3. The Hall–Kier alpha value is -1.59. The molecular formula is C15H20N2O3. The molecule has 2 N–H and O–H groups in total. The molecule has 2 saturated heterocycles. The normalized spacial score (nSPS) is 28.7. The number of ether oxygens (including phenoxy) is 2. The zero-order chi connectivity index (χ0) is 13.8. The Kier molecular flexibility index (Phi) is 4.18. The molecule has 0 spiro atoms. The highest BCUT2D eigenvalue weighted by molar-refractivity contribution is 5.67. The van der Waals surface area contributed by atoms with Gasteiger partial charge in [0.2, 0.25) is 0 Å². The van der Waals surface area contributed by atoms with Gasteiger partial charge in [-0.25, -0.2) is 4.79 Å². The first kappa shape index (κ1) is 13.4. The van der Waals surface area contributed by atoms with Gasteiger partial charge in [-0.15, -0.1) is 0 Å². The van der Waals surface area contributed by atoms with Crippen molar-refractivity contribution in [1.29, 1.82) is 0 Å². The van der Waals surface area contributed by atoms with Crippen LogP contribution in [0.25, 0.3) is 0 Å². The van der Waals surface area contributed by atoms with Crippen LogP contribution in [0.3, 0.4) is 0 Å². The Morgan fingerprint density at radius 3 is 2.65 bits per heavy atom. The van der Waals surface area contributed by atoms with Crippen LogP contribution in [0.5, 0.6) is 0 Å². The summed E-state index contributed by atoms with van der Waals surface area (Å²) in [7, 11) is 0. The number of amides is 1. The molecule has 0 saturated carbocycles. The predicted molar refractivity (Wildman–Crippen MR) is 74.3 cm³/mol. The van der Waals surface area contributed by atoms with Gasteiger partial charge < -0.3 is 20.1 Å². The molecule has 1 aromatic rings. The lowest BCUT2D eigenvalue weighted by Gasteiger charge is -2.40. The van der Waals surface area contributed by atoms with Crippen LogP contribution >= 0.6 is 0 Å². The minimum Gasteiger partial charge on any atom is -0.445 e. The highest BCUT2D eigenvalue weighted by Crippen LogP contribution is 2.18. The Bertz CT molecular complexity index is 440. The van der Waals surface area contributed by atoms with E-state index in [0.29, 0.717) is 18.7 Å². The lowest BCUT2D eigenvalue weighted by atomic mass is 9.93. The van der Waals surface area contributed by atoms with E-state index in [-0.39, 0.29) is 12.1 Å². The van der Waals surface area contributed by atoms with Gasteiger partial charge in [0.05, 0.1) is 13.2 Å². The Morgan fingerprint density at radius 1 is 1.25 bits per heavy atom. The van der Waals surface area contributed by atoms with Crippen molar-refractivity contribution in [2.24, 2.45) is 0 Å². The van der Waals surface area contributed by atoms with E-state index in [4.69, 9.17) is 9.47 Å². The summed E-state index contributed by atoms with van der Waals surface area (Å²) in [6.45, 7) is 1.77. The van der Waals surface area contributed by atoms with Crippen molar-refractivity contribution < 1.29 is 14.3 Å². The van der Waals surface area contributed by atoms with Crippen LogP contribution in [0.4, 0.5) is 4.79 Å². The SMILES string of the molecule is O=C(NC1CC2COCC(C1)N2)OCc1ccccc1. The molecule has 3 rings (SSSR count). The molecule has 1 aromatic carbocycles. The first-order valence-corrected chi connectivity index (χ1v) is 7.10. The molecular weight excluding hydrogens is 256 g/mol. The van der Waals surface area contributed by atoms with E-state index >= 15 is 0 Å². The lowest BCUT2D eigenvalue weighted by Crippen LogP contribution is -2.58. The van der Waals surface area contributed by atoms with Gasteiger partial charge in [-0.1, -0.05) is 30.3 Å². The largest absolute Gasteiger partial charge is 0.445 e. The second-order valence-corrected chi connectivity index (χ2v) is 5.47. The van der Waals surface area contributed by atoms with Crippen molar-refractivity contribution in [3.63, 3.8) is 0 Å². The maximum Gasteiger partial charge on any atom is 0.407 e. The molecule has 2 fully saturated rings. The predicted octanol–water partition coefficient (Wildman–Crippen LogP) is 1.43. The fraction of sp³-hybridized carbons (Fsp3) is 0.533. The van der Waals surface area contributed by atoms with Gasteiger partial charge in [0.15, 0.2) is 0 Å². The van der Waals surface area contributed by atoms with Gasteiger partial charge in [0.25, 0.3) is 0 Å². The summed E-state index contributed by atoms with van der Waals surface area (Å²) in [5, 5.41) is 6.46. The number of alkyl carbamates (subject to hydrolysis) is 1. The van der Waals surface area contributed by atoms with Crippen molar-refractivity contribution in [1.82, 2.24) is 10.6 Å². The summed E-state index contributed by atoms with van der Waals surface area (Å²) < 4.78 is 10.7. The summed E-state index contributed by atoms with van der Waals surface area (Å²) in [5.41, 5.74) is 0.998. The first-order valence-electron chi connectivity index (χ1n) is 7.10. The van der Waals surface area contributed by atoms with E-state index < -0.39 is 0 Å². The van der Waals surface area contributed by atoms with Crippen LogP contribution in [0.15, 0.2) is 30.3 Å². The minimum atomic E-state index is -0.334. The van der Waals surface area contributed by atoms with E-state index in [9.17, 15) is 4.79 Å². The zero-order valence-electron chi connectivity index (χ0n) is 11.4. The van der Waals surface area contributed by atoms with Crippen molar-refractivity contribution in [2.45, 2.75) is 37.6 Å². The van der Waals surface area contributed by atoms with Gasteiger partial charge >= 0.3 is 6.09 Å². The monoisotopic (exact) mass is 276 g/mol. The summed E-state index contributed by atoms with van der Waals surface area (Å²) >= 11 is 0. The number of carbonyl (C=O) groups excluding carboxylic acids is 1. The second kappa shape index (κ2) is 6.24. The zero-order valence-corrected chi connectivity index (χ0v) is 11.4. The molecule has 2 aliphatic rings. The molecule has 108 valence electrons. The van der Waals surface area contributed by atoms with E-state index in [1.165, 1.54) is 0 Å². The average Bonchev–Trinajstić information content (AvgIpc) is 2.46. The lowest BCUT2D eigenvalue weighted by molar-refractivity contribution is 0.0142. The van der Waals surface area contributed by atoms with Gasteiger partial charge in [-0.3, -0.25) is 0 Å². The average molecular weight is 276 g/mol. The van der Waals surface area contributed by atoms with E-state index in [1.54, 1.807) is 0 Å². The summed E-state index contributed by atoms with van der Waals surface area (Å²) in [6.07, 6.45) is 1.47. The molecule has 2 unspecified atom stereocenters. The number of fused-ring (bicyclic) bond motifs is 2. The third-order valence-corrected chi connectivity index (χ3v) is 3.78. The van der Waals surface area contributed by atoms with Gasteiger partial charge in [-0.2, -0.15) is 0 Å². The molecule has 5 heteroatoms. The number of morpholine rings is 1. The van der Waals surface area contributed by atoms with Crippen molar-refractivity contribution in [3.05, 3.63) is 35.9 Å². The van der Waals surface area contributed by atoms with Crippen molar-refractivity contribution in [3.8, 4) is 0 Å². The number of piperidine rings is 1. The van der Waals surface area contributed by atoms with Gasteiger partial charge in [-0.05, 0) is 18.4 Å². The molecule has 0 aromatic heterocycles. The molecule has 20 heavy (non-hydrogen) atoms. The third-order valence-electron chi connectivity index (χ3n) is 3.78. The van der Waals surface area contributed by atoms with Crippen molar-refractivity contribution >= 4 is 6.09 Å². The molecule has 0 aliphatic carbocycles. The van der Waals surface area contributed by atoms with E-state index in [0.717, 1.165) is 31.6 Å². The molecule has 1 amide bonds. The number of hydrogen-bond acceptors (Lipinski definition) is 4. The Morgan fingerprint density at radius 2 is 1.95 bits per heavy atom.